The molecule has 0 aromatic rings. The molecular weight excluding hydrogens is 112 g/mol. The first-order valence-corrected chi connectivity index (χ1v) is 3.39. The van der Waals surface area contributed by atoms with Gasteiger partial charge in [0.05, 0.1) is 6.61 Å². The zero-order valence-electron chi connectivity index (χ0n) is 6.82. The molecule has 0 heterocycles. The second-order valence-corrected chi connectivity index (χ2v) is 2.42. The van der Waals surface area contributed by atoms with Crippen molar-refractivity contribution in [2.45, 2.75) is 27.7 Å². The van der Waals surface area contributed by atoms with Crippen molar-refractivity contribution in [2.75, 3.05) is 13.2 Å². The van der Waals surface area contributed by atoms with Gasteiger partial charge in [-0.05, 0) is 33.3 Å². The highest BCUT2D eigenvalue weighted by Crippen LogP contribution is 2.01. The molecule has 0 radical (unpaired) electrons. The van der Waals surface area contributed by atoms with Crippen LogP contribution in [0, 0.1) is 0 Å². The molecule has 54 valence electrons. The smallest absolute Gasteiger partial charge is 0.0676 e. The standard InChI is InChI=1S/C8H16O/c1-5-9-6-8(4)7(2)3/h5-6H2,1-4H3. The third kappa shape index (κ3) is 4.22. The number of allylic oxidation sites excluding steroid dienone is 1. The van der Waals surface area contributed by atoms with Crippen molar-refractivity contribution < 1.29 is 4.74 Å². The van der Waals surface area contributed by atoms with Crippen molar-refractivity contribution in [3.63, 3.8) is 0 Å². The van der Waals surface area contributed by atoms with Gasteiger partial charge in [0.25, 0.3) is 0 Å². The Balaban J connectivity index is 3.50. The summed E-state index contributed by atoms with van der Waals surface area (Å²) in [7, 11) is 0. The fraction of sp³-hybridized carbons (Fsp3) is 0.750. The molecule has 0 saturated heterocycles. The third-order valence-corrected chi connectivity index (χ3v) is 1.38. The molecule has 0 aliphatic rings. The summed E-state index contributed by atoms with van der Waals surface area (Å²) < 4.78 is 5.20. The molecule has 1 heteroatoms. The van der Waals surface area contributed by atoms with Crippen molar-refractivity contribution in [1.29, 1.82) is 0 Å². The van der Waals surface area contributed by atoms with Gasteiger partial charge < -0.3 is 4.74 Å². The Hall–Kier alpha value is -0.300. The SMILES string of the molecule is CCOCC(C)=C(C)C. The highest BCUT2D eigenvalue weighted by Gasteiger charge is 1.89. The molecule has 0 rings (SSSR count). The van der Waals surface area contributed by atoms with Gasteiger partial charge in [-0.3, -0.25) is 0 Å². The van der Waals surface area contributed by atoms with E-state index in [0.29, 0.717) is 0 Å². The largest absolute Gasteiger partial charge is 0.377 e. The van der Waals surface area contributed by atoms with E-state index in [1.54, 1.807) is 0 Å². The van der Waals surface area contributed by atoms with E-state index >= 15 is 0 Å². The lowest BCUT2D eigenvalue weighted by Gasteiger charge is -2.02. The molecule has 1 nitrogen and oxygen atoms in total. The average molecular weight is 128 g/mol. The van der Waals surface area contributed by atoms with Gasteiger partial charge >= 0.3 is 0 Å². The van der Waals surface area contributed by atoms with Gasteiger partial charge in [-0.1, -0.05) is 5.57 Å². The van der Waals surface area contributed by atoms with Gasteiger partial charge in [0.15, 0.2) is 0 Å². The van der Waals surface area contributed by atoms with Crippen molar-refractivity contribution >= 4 is 0 Å². The van der Waals surface area contributed by atoms with E-state index in [2.05, 4.69) is 20.8 Å². The molecule has 0 aromatic carbocycles. The molecule has 0 bridgehead atoms. The first kappa shape index (κ1) is 8.70. The quantitative estimate of drug-likeness (QED) is 0.530. The summed E-state index contributed by atoms with van der Waals surface area (Å²) in [5, 5.41) is 0. The summed E-state index contributed by atoms with van der Waals surface area (Å²) in [4.78, 5) is 0. The van der Waals surface area contributed by atoms with Gasteiger partial charge in [-0.2, -0.15) is 0 Å². The first-order valence-electron chi connectivity index (χ1n) is 3.39. The van der Waals surface area contributed by atoms with Gasteiger partial charge in [0, 0.05) is 6.61 Å². The first-order chi connectivity index (χ1) is 4.18. The highest BCUT2D eigenvalue weighted by atomic mass is 16.5. The minimum Gasteiger partial charge on any atom is -0.377 e. The Morgan fingerprint density at radius 1 is 1.22 bits per heavy atom. The lowest BCUT2D eigenvalue weighted by Crippen LogP contribution is -1.95. The number of rotatable bonds is 3. The second kappa shape index (κ2) is 4.57. The van der Waals surface area contributed by atoms with E-state index in [4.69, 9.17) is 4.74 Å². The van der Waals surface area contributed by atoms with Gasteiger partial charge in [0.1, 0.15) is 0 Å². The van der Waals surface area contributed by atoms with Crippen LogP contribution in [0.25, 0.3) is 0 Å². The summed E-state index contributed by atoms with van der Waals surface area (Å²) in [6, 6.07) is 0. The predicted molar refractivity (Wildman–Crippen MR) is 40.5 cm³/mol. The van der Waals surface area contributed by atoms with E-state index < -0.39 is 0 Å². The summed E-state index contributed by atoms with van der Waals surface area (Å²) >= 11 is 0. The minimum atomic E-state index is 0.791. The molecule has 0 amide bonds. The van der Waals surface area contributed by atoms with Gasteiger partial charge in [-0.15, -0.1) is 0 Å². The molecule has 9 heavy (non-hydrogen) atoms. The van der Waals surface area contributed by atoms with Crippen LogP contribution >= 0.6 is 0 Å². The van der Waals surface area contributed by atoms with Crippen molar-refractivity contribution in [3.05, 3.63) is 11.1 Å². The maximum Gasteiger partial charge on any atom is 0.0676 e. The molecular formula is C8H16O. The summed E-state index contributed by atoms with van der Waals surface area (Å²) in [6.45, 7) is 9.93. The van der Waals surface area contributed by atoms with Crippen LogP contribution in [0.1, 0.15) is 27.7 Å². The normalized spacial score (nSPS) is 9.33. The zero-order chi connectivity index (χ0) is 7.28. The number of ether oxygens (including phenoxy) is 1. The third-order valence-electron chi connectivity index (χ3n) is 1.38. The Bertz CT molecular complexity index is 99.1. The topological polar surface area (TPSA) is 9.23 Å². The molecule has 0 aliphatic heterocycles. The van der Waals surface area contributed by atoms with Crippen LogP contribution < -0.4 is 0 Å². The molecule has 0 N–H and O–H groups in total. The predicted octanol–water partition coefficient (Wildman–Crippen LogP) is 2.38. The second-order valence-electron chi connectivity index (χ2n) is 2.42. The van der Waals surface area contributed by atoms with Crippen LogP contribution in [0.4, 0.5) is 0 Å². The monoisotopic (exact) mass is 128 g/mol. The minimum absolute atomic E-state index is 0.791. The van der Waals surface area contributed by atoms with E-state index in [1.165, 1.54) is 11.1 Å². The maximum atomic E-state index is 5.20. The van der Waals surface area contributed by atoms with Gasteiger partial charge in [-0.25, -0.2) is 0 Å². The Labute approximate surface area is 57.7 Å². The summed E-state index contributed by atoms with van der Waals surface area (Å²) in [5.41, 5.74) is 2.71. The van der Waals surface area contributed by atoms with Crippen LogP contribution in [0.2, 0.25) is 0 Å². The molecule has 0 fully saturated rings. The average Bonchev–Trinajstić information content (AvgIpc) is 1.82. The summed E-state index contributed by atoms with van der Waals surface area (Å²) in [5.74, 6) is 0. The number of hydrogen-bond donors (Lipinski definition) is 0. The molecule has 0 unspecified atom stereocenters. The molecule has 0 saturated carbocycles. The van der Waals surface area contributed by atoms with Crippen LogP contribution in [0.3, 0.4) is 0 Å². The van der Waals surface area contributed by atoms with E-state index in [0.717, 1.165) is 13.2 Å². The van der Waals surface area contributed by atoms with Crippen molar-refractivity contribution in [2.24, 2.45) is 0 Å². The van der Waals surface area contributed by atoms with Crippen LogP contribution in [-0.4, -0.2) is 13.2 Å². The number of hydrogen-bond acceptors (Lipinski definition) is 1. The van der Waals surface area contributed by atoms with E-state index in [9.17, 15) is 0 Å². The maximum absolute atomic E-state index is 5.20. The van der Waals surface area contributed by atoms with E-state index in [-0.39, 0.29) is 0 Å². The fourth-order valence-electron chi connectivity index (χ4n) is 0.399. The van der Waals surface area contributed by atoms with Crippen molar-refractivity contribution in [3.8, 4) is 0 Å². The molecule has 0 aromatic heterocycles. The van der Waals surface area contributed by atoms with E-state index in [1.807, 2.05) is 6.92 Å². The van der Waals surface area contributed by atoms with Crippen molar-refractivity contribution in [1.82, 2.24) is 0 Å². The highest BCUT2D eigenvalue weighted by molar-refractivity contribution is 5.06. The Morgan fingerprint density at radius 2 is 1.78 bits per heavy atom. The van der Waals surface area contributed by atoms with Crippen LogP contribution in [-0.2, 0) is 4.74 Å². The van der Waals surface area contributed by atoms with Crippen LogP contribution in [0.15, 0.2) is 11.1 Å². The lowest BCUT2D eigenvalue weighted by molar-refractivity contribution is 0.170. The molecule has 0 spiro atoms. The Morgan fingerprint density at radius 3 is 2.11 bits per heavy atom. The van der Waals surface area contributed by atoms with Gasteiger partial charge in [0.2, 0.25) is 0 Å². The molecule has 0 atom stereocenters. The lowest BCUT2D eigenvalue weighted by atomic mass is 10.2. The summed E-state index contributed by atoms with van der Waals surface area (Å²) in [6.07, 6.45) is 0. The Kier molecular flexibility index (Phi) is 4.41. The zero-order valence-corrected chi connectivity index (χ0v) is 6.82. The van der Waals surface area contributed by atoms with Crippen LogP contribution in [0.5, 0.6) is 0 Å². The molecule has 0 aliphatic carbocycles. The fourth-order valence-corrected chi connectivity index (χ4v) is 0.399.